The third-order valence-corrected chi connectivity index (χ3v) is 6.04. The average Bonchev–Trinajstić information content (AvgIpc) is 2.87. The number of nitrogens with one attached hydrogen (secondary N) is 1. The quantitative estimate of drug-likeness (QED) is 0.465. The smallest absolute Gasteiger partial charge is 0.322 e. The summed E-state index contributed by atoms with van der Waals surface area (Å²) in [5.74, 6) is 1.24. The summed E-state index contributed by atoms with van der Waals surface area (Å²) in [6.07, 6.45) is 7.15. The van der Waals surface area contributed by atoms with Gasteiger partial charge in [0.05, 0.1) is 25.9 Å². The van der Waals surface area contributed by atoms with Gasteiger partial charge in [0.2, 0.25) is 0 Å². The van der Waals surface area contributed by atoms with Gasteiger partial charge in [-0.3, -0.25) is 0 Å². The Morgan fingerprint density at radius 2 is 1.82 bits per heavy atom. The fourth-order valence-corrected chi connectivity index (χ4v) is 4.36. The van der Waals surface area contributed by atoms with Gasteiger partial charge < -0.3 is 19.7 Å². The van der Waals surface area contributed by atoms with Crippen molar-refractivity contribution in [3.8, 4) is 11.5 Å². The van der Waals surface area contributed by atoms with Gasteiger partial charge in [0.25, 0.3) is 0 Å². The van der Waals surface area contributed by atoms with E-state index in [1.807, 2.05) is 35.2 Å². The third kappa shape index (κ3) is 5.37. The van der Waals surface area contributed by atoms with E-state index in [1.165, 1.54) is 11.1 Å². The fraction of sp³-hybridized carbons (Fsp3) is 0.250. The summed E-state index contributed by atoms with van der Waals surface area (Å²) in [6, 6.07) is 23.8. The van der Waals surface area contributed by atoms with E-state index in [9.17, 15) is 4.79 Å². The van der Waals surface area contributed by atoms with E-state index in [4.69, 9.17) is 9.47 Å². The molecule has 3 aromatic carbocycles. The number of urea groups is 1. The first-order valence-corrected chi connectivity index (χ1v) is 11.3. The summed E-state index contributed by atoms with van der Waals surface area (Å²) < 4.78 is 10.8. The van der Waals surface area contributed by atoms with Crippen molar-refractivity contribution in [3.05, 3.63) is 95.6 Å². The zero-order valence-corrected chi connectivity index (χ0v) is 19.2. The Balaban J connectivity index is 1.61. The van der Waals surface area contributed by atoms with Crippen LogP contribution in [0.4, 0.5) is 10.5 Å². The van der Waals surface area contributed by atoms with E-state index in [0.29, 0.717) is 23.7 Å². The van der Waals surface area contributed by atoms with E-state index in [2.05, 4.69) is 53.9 Å². The largest absolute Gasteiger partial charge is 0.497 e. The molecule has 5 heteroatoms. The highest BCUT2D eigenvalue weighted by molar-refractivity contribution is 5.91. The van der Waals surface area contributed by atoms with Gasteiger partial charge in [0.15, 0.2) is 0 Å². The minimum absolute atomic E-state index is 0.0135. The second-order valence-electron chi connectivity index (χ2n) is 8.07. The Morgan fingerprint density at radius 1 is 1.03 bits per heavy atom. The highest BCUT2D eigenvalue weighted by Gasteiger charge is 2.29. The molecule has 1 N–H and O–H groups in total. The lowest BCUT2D eigenvalue weighted by molar-refractivity contribution is 0.188. The van der Waals surface area contributed by atoms with E-state index < -0.39 is 0 Å². The normalized spacial score (nSPS) is 15.0. The predicted molar refractivity (Wildman–Crippen MR) is 133 cm³/mol. The molecule has 0 radical (unpaired) electrons. The van der Waals surface area contributed by atoms with Crippen LogP contribution in [0.25, 0.3) is 6.08 Å². The zero-order valence-electron chi connectivity index (χ0n) is 19.2. The van der Waals surface area contributed by atoms with Crippen molar-refractivity contribution in [1.29, 1.82) is 0 Å². The molecule has 0 aliphatic heterocycles. The number of hydrogen-bond acceptors (Lipinski definition) is 3. The third-order valence-electron chi connectivity index (χ3n) is 6.04. The molecule has 4 rings (SSSR count). The average molecular weight is 443 g/mol. The van der Waals surface area contributed by atoms with Crippen molar-refractivity contribution in [2.45, 2.75) is 25.3 Å². The van der Waals surface area contributed by atoms with Crippen molar-refractivity contribution in [2.24, 2.45) is 0 Å². The first-order chi connectivity index (χ1) is 16.2. The number of nitrogens with zero attached hydrogens (tertiary/aromatic N) is 1. The van der Waals surface area contributed by atoms with Gasteiger partial charge in [-0.1, -0.05) is 66.7 Å². The van der Waals surface area contributed by atoms with Gasteiger partial charge >= 0.3 is 6.03 Å². The molecule has 0 bridgehead atoms. The lowest BCUT2D eigenvalue weighted by Crippen LogP contribution is -2.39. The van der Waals surface area contributed by atoms with Crippen LogP contribution in [0, 0.1) is 0 Å². The summed E-state index contributed by atoms with van der Waals surface area (Å²) in [6.45, 7) is 0.498. The van der Waals surface area contributed by atoms with Crippen LogP contribution in [-0.4, -0.2) is 31.7 Å². The molecule has 0 spiro atoms. The highest BCUT2D eigenvalue weighted by Crippen LogP contribution is 2.35. The molecule has 170 valence electrons. The maximum absolute atomic E-state index is 13.6. The van der Waals surface area contributed by atoms with Crippen LogP contribution in [0.15, 0.2) is 78.9 Å². The van der Waals surface area contributed by atoms with Crippen LogP contribution in [0.2, 0.25) is 0 Å². The number of rotatable bonds is 7. The van der Waals surface area contributed by atoms with Crippen molar-refractivity contribution in [2.75, 3.05) is 26.1 Å². The molecule has 1 aliphatic rings. The molecule has 0 aromatic heterocycles. The SMILES string of the molecule is COc1ccc(NC(=O)N(C/C=C/c2ccccc2)C2CCCc3ccccc32)c(OC)c1. The summed E-state index contributed by atoms with van der Waals surface area (Å²) in [4.78, 5) is 15.5. The number of ether oxygens (including phenoxy) is 2. The van der Waals surface area contributed by atoms with Crippen LogP contribution in [0.5, 0.6) is 11.5 Å². The maximum atomic E-state index is 13.6. The monoisotopic (exact) mass is 442 g/mol. The van der Waals surface area contributed by atoms with Crippen molar-refractivity contribution in [1.82, 2.24) is 4.90 Å². The number of methoxy groups -OCH3 is 2. The number of carbonyl (C=O) groups is 1. The first kappa shape index (κ1) is 22.5. The van der Waals surface area contributed by atoms with Gasteiger partial charge in [0.1, 0.15) is 11.5 Å². The number of amides is 2. The number of benzene rings is 3. The number of aryl methyl sites for hydroxylation is 1. The molecule has 0 heterocycles. The summed E-state index contributed by atoms with van der Waals surface area (Å²) in [5, 5.41) is 3.06. The molecule has 5 nitrogen and oxygen atoms in total. The predicted octanol–water partition coefficient (Wildman–Crippen LogP) is 6.33. The lowest BCUT2D eigenvalue weighted by Gasteiger charge is -2.35. The Morgan fingerprint density at radius 3 is 2.61 bits per heavy atom. The first-order valence-electron chi connectivity index (χ1n) is 11.3. The molecule has 1 unspecified atom stereocenters. The minimum Gasteiger partial charge on any atom is -0.497 e. The highest BCUT2D eigenvalue weighted by atomic mass is 16.5. The summed E-state index contributed by atoms with van der Waals surface area (Å²) in [7, 11) is 3.19. The van der Waals surface area contributed by atoms with Gasteiger partial charge in [-0.15, -0.1) is 0 Å². The minimum atomic E-state index is -0.155. The molecular formula is C28H30N2O3. The second-order valence-corrected chi connectivity index (χ2v) is 8.07. The van der Waals surface area contributed by atoms with Crippen LogP contribution < -0.4 is 14.8 Å². The number of fused-ring (bicyclic) bond motifs is 1. The molecule has 2 amide bonds. The molecular weight excluding hydrogens is 412 g/mol. The number of carbonyl (C=O) groups excluding carboxylic acids is 1. The number of anilines is 1. The Labute approximate surface area is 195 Å². The van der Waals surface area contributed by atoms with Gasteiger partial charge in [-0.25, -0.2) is 4.79 Å². The molecule has 33 heavy (non-hydrogen) atoms. The van der Waals surface area contributed by atoms with Crippen molar-refractivity contribution in [3.63, 3.8) is 0 Å². The fourth-order valence-electron chi connectivity index (χ4n) is 4.36. The molecule has 1 aliphatic carbocycles. The topological polar surface area (TPSA) is 50.8 Å². The van der Waals surface area contributed by atoms with Gasteiger partial charge in [0, 0.05) is 12.6 Å². The molecule has 0 fully saturated rings. The Kier molecular flexibility index (Phi) is 7.30. The van der Waals surface area contributed by atoms with E-state index in [-0.39, 0.29) is 12.1 Å². The van der Waals surface area contributed by atoms with E-state index >= 15 is 0 Å². The Hall–Kier alpha value is -3.73. The van der Waals surface area contributed by atoms with Crippen LogP contribution in [-0.2, 0) is 6.42 Å². The van der Waals surface area contributed by atoms with E-state index in [1.54, 1.807) is 20.3 Å². The van der Waals surface area contributed by atoms with Crippen LogP contribution in [0.1, 0.15) is 35.6 Å². The van der Waals surface area contributed by atoms with Crippen molar-refractivity contribution >= 4 is 17.8 Å². The molecule has 0 saturated carbocycles. The Bertz CT molecular complexity index is 1110. The van der Waals surface area contributed by atoms with Gasteiger partial charge in [-0.05, 0) is 48.1 Å². The van der Waals surface area contributed by atoms with Crippen LogP contribution in [0.3, 0.4) is 0 Å². The summed E-state index contributed by atoms with van der Waals surface area (Å²) in [5.41, 5.74) is 4.28. The molecule has 3 aromatic rings. The van der Waals surface area contributed by atoms with Gasteiger partial charge in [-0.2, -0.15) is 0 Å². The van der Waals surface area contributed by atoms with Crippen LogP contribution >= 0.6 is 0 Å². The summed E-state index contributed by atoms with van der Waals surface area (Å²) >= 11 is 0. The lowest BCUT2D eigenvalue weighted by atomic mass is 9.87. The van der Waals surface area contributed by atoms with Crippen molar-refractivity contribution < 1.29 is 14.3 Å². The molecule has 0 saturated heterocycles. The standard InChI is InChI=1S/C28H30N2O3/c1-32-23-17-18-25(27(20-23)33-2)29-28(31)30(19-9-12-21-10-4-3-5-11-21)26-16-8-14-22-13-6-7-15-24(22)26/h3-7,9-13,15,17-18,20,26H,8,14,16,19H2,1-2H3,(H,29,31)/b12-9+. The maximum Gasteiger partial charge on any atom is 0.322 e. The molecule has 1 atom stereocenters. The number of hydrogen-bond donors (Lipinski definition) is 1. The second kappa shape index (κ2) is 10.7. The zero-order chi connectivity index (χ0) is 23.0. The van der Waals surface area contributed by atoms with E-state index in [0.717, 1.165) is 24.8 Å².